The first kappa shape index (κ1) is 39.6. The molecular weight excluding hydrogens is 616 g/mol. The number of phenolic OH excluding ortho intramolecular Hbond substituents is 1. The molecule has 0 radical (unpaired) electrons. The van der Waals surface area contributed by atoms with Crippen LogP contribution in [0.2, 0.25) is 0 Å². The summed E-state index contributed by atoms with van der Waals surface area (Å²) in [5, 5.41) is 15.7. The van der Waals surface area contributed by atoms with Gasteiger partial charge in [-0.2, -0.15) is 0 Å². The van der Waals surface area contributed by atoms with Crippen molar-refractivity contribution in [2.24, 2.45) is 5.73 Å². The zero-order chi connectivity index (χ0) is 36.6. The zero-order valence-electron chi connectivity index (χ0n) is 29.8. The molecule has 0 aliphatic rings. The SMILES string of the molecule is Cc1cc(C(C(=O)NC(Cc2ccccc2)C(=O)OC(C)(C)C)N(C(=O)C(CCC(N)=O)NC(=O)OC(C)(C)C)C(C)(C)C)ccc1O. The number of carbonyl (C=O) groups is 5. The molecule has 0 aromatic heterocycles. The normalized spacial score (nSPS) is 13.8. The number of benzene rings is 2. The third-order valence-corrected chi connectivity index (χ3v) is 6.96. The number of hydrogen-bond donors (Lipinski definition) is 4. The van der Waals surface area contributed by atoms with Crippen LogP contribution in [0.5, 0.6) is 5.75 Å². The van der Waals surface area contributed by atoms with Crippen LogP contribution in [0.1, 0.15) is 97.9 Å². The van der Waals surface area contributed by atoms with Crippen LogP contribution in [0.25, 0.3) is 0 Å². The van der Waals surface area contributed by atoms with Crippen LogP contribution in [0, 0.1) is 6.92 Å². The van der Waals surface area contributed by atoms with E-state index < -0.39 is 64.7 Å². The number of amides is 4. The standard InChI is InChI=1S/C36H52N4O8/c1-22-20-24(16-18-27(22)41)29(30(43)38-26(32(45)47-35(5,6)7)21-23-14-12-11-13-15-23)40(34(2,3)4)31(44)25(17-19-28(37)42)39-33(46)48-36(8,9)10/h11-16,18,20,25-26,29,41H,17,19,21H2,1-10H3,(H2,37,42)(H,38,43)(H,39,46). The number of alkyl carbamates (subject to hydrolysis) is 1. The molecule has 5 N–H and O–H groups in total. The highest BCUT2D eigenvalue weighted by Crippen LogP contribution is 2.33. The average Bonchev–Trinajstić information content (AvgIpc) is 2.92. The molecule has 0 bridgehead atoms. The van der Waals surface area contributed by atoms with Gasteiger partial charge in [-0.3, -0.25) is 14.4 Å². The van der Waals surface area contributed by atoms with Gasteiger partial charge in [0.05, 0.1) is 0 Å². The Bertz CT molecular complexity index is 1460. The minimum atomic E-state index is -1.37. The second-order valence-corrected chi connectivity index (χ2v) is 14.8. The van der Waals surface area contributed by atoms with E-state index in [9.17, 15) is 29.1 Å². The van der Waals surface area contributed by atoms with Crippen LogP contribution in [0.4, 0.5) is 4.79 Å². The second kappa shape index (κ2) is 16.0. The van der Waals surface area contributed by atoms with Crippen LogP contribution < -0.4 is 16.4 Å². The molecule has 0 saturated heterocycles. The van der Waals surface area contributed by atoms with Crippen molar-refractivity contribution in [3.05, 3.63) is 65.2 Å². The summed E-state index contributed by atoms with van der Waals surface area (Å²) in [7, 11) is 0. The van der Waals surface area contributed by atoms with Gasteiger partial charge in [0, 0.05) is 18.4 Å². The van der Waals surface area contributed by atoms with Crippen LogP contribution in [-0.4, -0.2) is 68.6 Å². The smallest absolute Gasteiger partial charge is 0.408 e. The number of rotatable bonds is 12. The number of aryl methyl sites for hydroxylation is 1. The Hall–Kier alpha value is -4.61. The summed E-state index contributed by atoms with van der Waals surface area (Å²) >= 11 is 0. The van der Waals surface area contributed by atoms with Gasteiger partial charge in [-0.05, 0) is 104 Å². The molecule has 4 amide bonds. The van der Waals surface area contributed by atoms with E-state index in [1.807, 2.05) is 30.3 Å². The maximum atomic E-state index is 14.6. The number of ether oxygens (including phenoxy) is 2. The maximum Gasteiger partial charge on any atom is 0.408 e. The molecule has 0 aliphatic carbocycles. The quantitative estimate of drug-likeness (QED) is 0.237. The summed E-state index contributed by atoms with van der Waals surface area (Å²) < 4.78 is 11.1. The third kappa shape index (κ3) is 12.5. The Morgan fingerprint density at radius 3 is 1.92 bits per heavy atom. The van der Waals surface area contributed by atoms with Crippen molar-refractivity contribution in [2.45, 2.75) is 123 Å². The predicted molar refractivity (Wildman–Crippen MR) is 182 cm³/mol. The molecule has 12 heteroatoms. The van der Waals surface area contributed by atoms with Crippen molar-refractivity contribution in [1.29, 1.82) is 0 Å². The van der Waals surface area contributed by atoms with E-state index in [4.69, 9.17) is 15.2 Å². The molecule has 0 fully saturated rings. The number of nitrogens with two attached hydrogens (primary N) is 1. The van der Waals surface area contributed by atoms with Crippen molar-refractivity contribution in [3.8, 4) is 5.75 Å². The number of phenols is 1. The molecule has 2 aromatic carbocycles. The molecule has 264 valence electrons. The Morgan fingerprint density at radius 1 is 0.833 bits per heavy atom. The molecule has 2 rings (SSSR count). The molecule has 12 nitrogen and oxygen atoms in total. The fraction of sp³-hybridized carbons (Fsp3) is 0.528. The lowest BCUT2D eigenvalue weighted by Gasteiger charge is -2.43. The monoisotopic (exact) mass is 668 g/mol. The van der Waals surface area contributed by atoms with E-state index in [0.29, 0.717) is 11.1 Å². The van der Waals surface area contributed by atoms with Crippen LogP contribution in [0.15, 0.2) is 48.5 Å². The fourth-order valence-electron chi connectivity index (χ4n) is 4.94. The van der Waals surface area contributed by atoms with Crippen LogP contribution in [0.3, 0.4) is 0 Å². The van der Waals surface area contributed by atoms with Crippen molar-refractivity contribution >= 4 is 29.8 Å². The first-order chi connectivity index (χ1) is 22.0. The van der Waals surface area contributed by atoms with E-state index in [1.54, 1.807) is 75.3 Å². The van der Waals surface area contributed by atoms with Gasteiger partial charge in [0.15, 0.2) is 0 Å². The highest BCUT2D eigenvalue weighted by Gasteiger charge is 2.43. The fourth-order valence-corrected chi connectivity index (χ4v) is 4.94. The minimum Gasteiger partial charge on any atom is -0.508 e. The van der Waals surface area contributed by atoms with Crippen LogP contribution >= 0.6 is 0 Å². The first-order valence-corrected chi connectivity index (χ1v) is 16.0. The largest absolute Gasteiger partial charge is 0.508 e. The number of nitrogens with one attached hydrogen (secondary N) is 2. The summed E-state index contributed by atoms with van der Waals surface area (Å²) in [5.74, 6) is -2.78. The average molecular weight is 669 g/mol. The van der Waals surface area contributed by atoms with Crippen molar-refractivity contribution in [3.63, 3.8) is 0 Å². The van der Waals surface area contributed by atoms with Crippen molar-refractivity contribution in [2.75, 3.05) is 0 Å². The molecule has 0 heterocycles. The Kier molecular flexibility index (Phi) is 13.2. The van der Waals surface area contributed by atoms with E-state index in [2.05, 4.69) is 10.6 Å². The van der Waals surface area contributed by atoms with Gasteiger partial charge < -0.3 is 35.8 Å². The summed E-state index contributed by atoms with van der Waals surface area (Å²) in [4.78, 5) is 68.6. The van der Waals surface area contributed by atoms with Gasteiger partial charge in [0.2, 0.25) is 17.7 Å². The third-order valence-electron chi connectivity index (χ3n) is 6.96. The molecule has 0 spiro atoms. The second-order valence-electron chi connectivity index (χ2n) is 14.8. The predicted octanol–water partition coefficient (Wildman–Crippen LogP) is 4.60. The number of primary amides is 1. The Labute approximate surface area is 283 Å². The number of esters is 1. The molecule has 0 saturated carbocycles. The van der Waals surface area contributed by atoms with Gasteiger partial charge in [0.25, 0.3) is 0 Å². The summed E-state index contributed by atoms with van der Waals surface area (Å²) in [6.07, 6.45) is -1.20. The molecule has 2 aromatic rings. The Morgan fingerprint density at radius 2 is 1.42 bits per heavy atom. The topological polar surface area (TPSA) is 177 Å². The number of aromatic hydroxyl groups is 1. The minimum absolute atomic E-state index is 0.0202. The Balaban J connectivity index is 2.70. The number of hydrogen-bond acceptors (Lipinski definition) is 8. The summed E-state index contributed by atoms with van der Waals surface area (Å²) in [5.41, 5.74) is 4.16. The molecular formula is C36H52N4O8. The van der Waals surface area contributed by atoms with Gasteiger partial charge in [0.1, 0.15) is 35.1 Å². The van der Waals surface area contributed by atoms with E-state index in [0.717, 1.165) is 5.56 Å². The molecule has 3 unspecified atom stereocenters. The lowest BCUT2D eigenvalue weighted by molar-refractivity contribution is -0.159. The first-order valence-electron chi connectivity index (χ1n) is 16.0. The number of nitrogens with zero attached hydrogens (tertiary/aromatic N) is 1. The van der Waals surface area contributed by atoms with E-state index in [-0.39, 0.29) is 25.0 Å². The lowest BCUT2D eigenvalue weighted by Crippen LogP contribution is -2.59. The number of carbonyl (C=O) groups excluding carboxylic acids is 5. The van der Waals surface area contributed by atoms with Crippen molar-refractivity contribution < 1.29 is 38.6 Å². The maximum absolute atomic E-state index is 14.6. The van der Waals surface area contributed by atoms with Gasteiger partial charge in [-0.15, -0.1) is 0 Å². The van der Waals surface area contributed by atoms with E-state index in [1.165, 1.54) is 17.0 Å². The summed E-state index contributed by atoms with van der Waals surface area (Å²) in [6, 6.07) is 9.79. The highest BCUT2D eigenvalue weighted by atomic mass is 16.6. The van der Waals surface area contributed by atoms with E-state index >= 15 is 0 Å². The molecule has 48 heavy (non-hydrogen) atoms. The highest BCUT2D eigenvalue weighted by molar-refractivity contribution is 5.94. The van der Waals surface area contributed by atoms with Gasteiger partial charge >= 0.3 is 12.1 Å². The lowest BCUT2D eigenvalue weighted by atomic mass is 9.93. The van der Waals surface area contributed by atoms with Gasteiger partial charge in [-0.25, -0.2) is 9.59 Å². The van der Waals surface area contributed by atoms with Gasteiger partial charge in [-0.1, -0.05) is 36.4 Å². The zero-order valence-corrected chi connectivity index (χ0v) is 29.8. The van der Waals surface area contributed by atoms with Crippen molar-refractivity contribution in [1.82, 2.24) is 15.5 Å². The molecule has 0 aliphatic heterocycles. The molecule has 3 atom stereocenters. The van der Waals surface area contributed by atoms with Crippen LogP contribution in [-0.2, 0) is 35.1 Å². The summed E-state index contributed by atoms with van der Waals surface area (Å²) in [6.45, 7) is 16.9.